The Hall–Kier alpha value is -1.53. The van der Waals surface area contributed by atoms with Gasteiger partial charge in [0.05, 0.1) is 6.54 Å². The fourth-order valence-corrected chi connectivity index (χ4v) is 4.39. The van der Waals surface area contributed by atoms with Gasteiger partial charge in [-0.2, -0.15) is 0 Å². The molecule has 0 amide bonds. The van der Waals surface area contributed by atoms with Gasteiger partial charge in [0.1, 0.15) is 5.01 Å². The third-order valence-electron chi connectivity index (χ3n) is 5.02. The molecule has 2 aromatic rings. The summed E-state index contributed by atoms with van der Waals surface area (Å²) in [6.45, 7) is 5.60. The minimum Gasteiger partial charge on any atom is -0.341 e. The Morgan fingerprint density at radius 3 is 2.50 bits per heavy atom. The van der Waals surface area contributed by atoms with E-state index >= 15 is 0 Å². The van der Waals surface area contributed by atoms with Crippen molar-refractivity contribution in [2.45, 2.75) is 25.8 Å². The minimum absolute atomic E-state index is 0.503. The maximum absolute atomic E-state index is 4.42. The van der Waals surface area contributed by atoms with Crippen LogP contribution in [0.4, 0.5) is 5.95 Å². The van der Waals surface area contributed by atoms with Crippen molar-refractivity contribution in [1.29, 1.82) is 0 Å². The average molecular weight is 315 g/mol. The number of piperidine rings is 1. The van der Waals surface area contributed by atoms with E-state index in [1.165, 1.54) is 37.4 Å². The van der Waals surface area contributed by atoms with Crippen LogP contribution in [0.3, 0.4) is 0 Å². The van der Waals surface area contributed by atoms with Crippen LogP contribution in [0, 0.1) is 5.41 Å². The van der Waals surface area contributed by atoms with Gasteiger partial charge in [-0.15, -0.1) is 11.3 Å². The summed E-state index contributed by atoms with van der Waals surface area (Å²) in [6, 6.07) is 1.88. The second-order valence-corrected chi connectivity index (χ2v) is 7.40. The topological polar surface area (TPSA) is 45.2 Å². The minimum atomic E-state index is 0.503. The van der Waals surface area contributed by atoms with Crippen LogP contribution in [0.5, 0.6) is 0 Å². The lowest BCUT2D eigenvalue weighted by atomic mass is 9.78. The number of anilines is 1. The molecule has 4 rings (SSSR count). The third-order valence-corrected chi connectivity index (χ3v) is 5.78. The van der Waals surface area contributed by atoms with Gasteiger partial charge in [0.15, 0.2) is 0 Å². The molecule has 5 nitrogen and oxygen atoms in total. The molecule has 0 saturated carbocycles. The Balaban J connectivity index is 1.35. The van der Waals surface area contributed by atoms with Gasteiger partial charge in [0, 0.05) is 43.6 Å². The smallest absolute Gasteiger partial charge is 0.225 e. The summed E-state index contributed by atoms with van der Waals surface area (Å²) < 4.78 is 0. The zero-order valence-electron chi connectivity index (χ0n) is 12.7. The van der Waals surface area contributed by atoms with E-state index in [9.17, 15) is 0 Å². The van der Waals surface area contributed by atoms with Gasteiger partial charge >= 0.3 is 0 Å². The van der Waals surface area contributed by atoms with Gasteiger partial charge in [-0.1, -0.05) is 0 Å². The summed E-state index contributed by atoms with van der Waals surface area (Å²) in [4.78, 5) is 18.1. The Morgan fingerprint density at radius 2 is 1.77 bits per heavy atom. The van der Waals surface area contributed by atoms with E-state index in [1.807, 2.05) is 24.7 Å². The standard InChI is InChI=1S/C16H21N5S/c1-5-18-15(19-6-1)21-9-3-16(4-10-21)2-8-20(13-16)12-14-17-7-11-22-14/h1,5-7,11H,2-4,8-10,12-13H2. The van der Waals surface area contributed by atoms with E-state index in [4.69, 9.17) is 0 Å². The predicted octanol–water partition coefficient (Wildman–Crippen LogP) is 2.43. The van der Waals surface area contributed by atoms with Crippen LogP contribution in [0.1, 0.15) is 24.3 Å². The number of thiazole rings is 1. The van der Waals surface area contributed by atoms with Crippen LogP contribution in [0.2, 0.25) is 0 Å². The highest BCUT2D eigenvalue weighted by atomic mass is 32.1. The first-order valence-electron chi connectivity index (χ1n) is 7.96. The first kappa shape index (κ1) is 14.1. The van der Waals surface area contributed by atoms with Gasteiger partial charge in [0.2, 0.25) is 5.95 Å². The Morgan fingerprint density at radius 1 is 1.00 bits per heavy atom. The van der Waals surface area contributed by atoms with Crippen molar-refractivity contribution >= 4 is 17.3 Å². The fraction of sp³-hybridized carbons (Fsp3) is 0.562. The van der Waals surface area contributed by atoms with Crippen LogP contribution in [0.15, 0.2) is 30.0 Å². The summed E-state index contributed by atoms with van der Waals surface area (Å²) in [5.74, 6) is 0.884. The van der Waals surface area contributed by atoms with Crippen LogP contribution in [-0.2, 0) is 6.54 Å². The molecule has 2 aromatic heterocycles. The molecule has 0 bridgehead atoms. The molecule has 2 saturated heterocycles. The maximum atomic E-state index is 4.42. The Bertz CT molecular complexity index is 592. The fourth-order valence-electron chi connectivity index (χ4n) is 3.73. The first-order chi connectivity index (χ1) is 10.8. The van der Waals surface area contributed by atoms with Crippen molar-refractivity contribution in [3.8, 4) is 0 Å². The summed E-state index contributed by atoms with van der Waals surface area (Å²) in [5, 5.41) is 3.31. The monoisotopic (exact) mass is 315 g/mol. The molecule has 4 heterocycles. The molecular weight excluding hydrogens is 294 g/mol. The third kappa shape index (κ3) is 2.85. The van der Waals surface area contributed by atoms with Gasteiger partial charge < -0.3 is 4.90 Å². The molecule has 6 heteroatoms. The number of hydrogen-bond donors (Lipinski definition) is 0. The molecule has 22 heavy (non-hydrogen) atoms. The second kappa shape index (κ2) is 5.93. The van der Waals surface area contributed by atoms with E-state index in [-0.39, 0.29) is 0 Å². The van der Waals surface area contributed by atoms with Gasteiger partial charge in [-0.3, -0.25) is 4.90 Å². The van der Waals surface area contributed by atoms with Gasteiger partial charge in [-0.25, -0.2) is 15.0 Å². The van der Waals surface area contributed by atoms with Crippen molar-refractivity contribution in [3.63, 3.8) is 0 Å². The van der Waals surface area contributed by atoms with Crippen LogP contribution < -0.4 is 4.90 Å². The molecule has 0 atom stereocenters. The summed E-state index contributed by atoms with van der Waals surface area (Å²) in [6.07, 6.45) is 9.39. The van der Waals surface area contributed by atoms with Crippen molar-refractivity contribution in [2.75, 3.05) is 31.1 Å². The normalized spacial score (nSPS) is 21.5. The lowest BCUT2D eigenvalue weighted by Gasteiger charge is -2.39. The first-order valence-corrected chi connectivity index (χ1v) is 8.84. The molecule has 0 aromatic carbocycles. The summed E-state index contributed by atoms with van der Waals surface area (Å²) >= 11 is 1.76. The number of aromatic nitrogens is 3. The molecule has 0 N–H and O–H groups in total. The van der Waals surface area contributed by atoms with Crippen LogP contribution in [-0.4, -0.2) is 46.0 Å². The molecule has 2 aliphatic rings. The summed E-state index contributed by atoms with van der Waals surface area (Å²) in [5.41, 5.74) is 0.503. The molecule has 0 radical (unpaired) electrons. The molecule has 0 unspecified atom stereocenters. The lowest BCUT2D eigenvalue weighted by Crippen LogP contribution is -2.42. The van der Waals surface area contributed by atoms with E-state index in [2.05, 4.69) is 30.1 Å². The molecule has 1 spiro atoms. The van der Waals surface area contributed by atoms with E-state index in [0.29, 0.717) is 5.41 Å². The quantitative estimate of drug-likeness (QED) is 0.870. The highest BCUT2D eigenvalue weighted by Gasteiger charge is 2.40. The summed E-state index contributed by atoms with van der Waals surface area (Å²) in [7, 11) is 0. The predicted molar refractivity (Wildman–Crippen MR) is 87.9 cm³/mol. The Labute approximate surface area is 135 Å². The second-order valence-electron chi connectivity index (χ2n) is 6.42. The van der Waals surface area contributed by atoms with Gasteiger partial charge in [0.25, 0.3) is 0 Å². The maximum Gasteiger partial charge on any atom is 0.225 e. The highest BCUT2D eigenvalue weighted by molar-refractivity contribution is 7.09. The van der Waals surface area contributed by atoms with Crippen LogP contribution in [0.25, 0.3) is 0 Å². The highest BCUT2D eigenvalue weighted by Crippen LogP contribution is 2.41. The molecule has 2 aliphatic heterocycles. The number of likely N-dealkylation sites (tertiary alicyclic amines) is 1. The van der Waals surface area contributed by atoms with Crippen LogP contribution >= 0.6 is 11.3 Å². The largest absolute Gasteiger partial charge is 0.341 e. The Kier molecular flexibility index (Phi) is 3.80. The van der Waals surface area contributed by atoms with Gasteiger partial charge in [-0.05, 0) is 37.3 Å². The number of hydrogen-bond acceptors (Lipinski definition) is 6. The zero-order chi connectivity index (χ0) is 14.8. The lowest BCUT2D eigenvalue weighted by molar-refractivity contribution is 0.205. The number of rotatable bonds is 3. The molecule has 0 aliphatic carbocycles. The molecular formula is C16H21N5S. The SMILES string of the molecule is c1cnc(N2CCC3(CCN(Cc4nccs4)C3)CC2)nc1. The molecule has 2 fully saturated rings. The van der Waals surface area contributed by atoms with Crippen molar-refractivity contribution in [2.24, 2.45) is 5.41 Å². The van der Waals surface area contributed by atoms with E-state index in [0.717, 1.165) is 25.6 Å². The van der Waals surface area contributed by atoms with E-state index in [1.54, 1.807) is 11.3 Å². The van der Waals surface area contributed by atoms with Crippen molar-refractivity contribution in [1.82, 2.24) is 19.9 Å². The zero-order valence-corrected chi connectivity index (χ0v) is 13.5. The molecule has 116 valence electrons. The average Bonchev–Trinajstić information content (AvgIpc) is 3.20. The van der Waals surface area contributed by atoms with Crippen molar-refractivity contribution < 1.29 is 0 Å². The number of nitrogens with zero attached hydrogens (tertiary/aromatic N) is 5. The van der Waals surface area contributed by atoms with E-state index < -0.39 is 0 Å². The van der Waals surface area contributed by atoms with Crippen molar-refractivity contribution in [3.05, 3.63) is 35.0 Å².